The van der Waals surface area contributed by atoms with Gasteiger partial charge in [0, 0.05) is 0 Å². The molecule has 0 aliphatic rings. The number of unbranched alkanes of at least 4 members (excludes halogenated alkanes) is 1. The molecule has 0 saturated carbocycles. The second-order valence-electron chi connectivity index (χ2n) is 3.57. The number of benzene rings is 1. The van der Waals surface area contributed by atoms with Gasteiger partial charge in [-0.05, 0) is 12.0 Å². The van der Waals surface area contributed by atoms with Gasteiger partial charge < -0.3 is 10.4 Å². The van der Waals surface area contributed by atoms with Crippen molar-refractivity contribution in [2.75, 3.05) is 6.54 Å². The lowest BCUT2D eigenvalue weighted by Crippen LogP contribution is -2.31. The Kier molecular flexibility index (Phi) is 5.11. The highest BCUT2D eigenvalue weighted by Gasteiger charge is 2.12. The molecule has 0 aliphatic heterocycles. The molecule has 0 saturated heterocycles. The summed E-state index contributed by atoms with van der Waals surface area (Å²) in [6.45, 7) is 3.08. The summed E-state index contributed by atoms with van der Waals surface area (Å²) in [4.78, 5) is 0.239. The van der Waals surface area contributed by atoms with Crippen LogP contribution in [0.1, 0.15) is 25.3 Å². The Morgan fingerprint density at radius 1 is 1.38 bits per heavy atom. The Balaban J connectivity index is 2.63. The van der Waals surface area contributed by atoms with Crippen LogP contribution < -0.4 is 0 Å². The first kappa shape index (κ1) is 12.3. The smallest absolute Gasteiger partial charge is 0.230 e. The van der Waals surface area contributed by atoms with Crippen LogP contribution in [0, 0.1) is 5.21 Å². The van der Waals surface area contributed by atoms with Gasteiger partial charge in [0.2, 0.25) is 5.28 Å². The Bertz CT molecular complexity index is 327. The van der Waals surface area contributed by atoms with Gasteiger partial charge in [-0.2, -0.15) is 0 Å². The van der Waals surface area contributed by atoms with Crippen molar-refractivity contribution in [3.63, 3.8) is 0 Å². The van der Waals surface area contributed by atoms with Crippen LogP contribution in [0.25, 0.3) is 0 Å². The van der Waals surface area contributed by atoms with Crippen molar-refractivity contribution in [1.29, 1.82) is 0 Å². The number of hydrogen-bond donors (Lipinski definition) is 1. The van der Waals surface area contributed by atoms with Crippen LogP contribution in [-0.4, -0.2) is 21.7 Å². The molecule has 88 valence electrons. The summed E-state index contributed by atoms with van der Waals surface area (Å²) in [7, 11) is 0. The normalized spacial score (nSPS) is 11.4. The van der Waals surface area contributed by atoms with Crippen molar-refractivity contribution in [3.8, 4) is 0 Å². The van der Waals surface area contributed by atoms with Crippen LogP contribution in [0.2, 0.25) is 0 Å². The van der Waals surface area contributed by atoms with E-state index in [0.717, 1.165) is 18.4 Å². The van der Waals surface area contributed by atoms with Crippen LogP contribution in [0.15, 0.2) is 35.6 Å². The minimum Gasteiger partial charge on any atom is -0.569 e. The van der Waals surface area contributed by atoms with Crippen molar-refractivity contribution >= 4 is 0 Å². The molecule has 0 heterocycles. The number of nitrogens with zero attached hydrogens (tertiary/aromatic N) is 3. The molecule has 0 amide bonds. The highest BCUT2D eigenvalue weighted by atomic mass is 16.6. The third kappa shape index (κ3) is 3.76. The van der Waals surface area contributed by atoms with E-state index in [9.17, 15) is 5.21 Å². The lowest BCUT2D eigenvalue weighted by Gasteiger charge is -2.17. The minimum atomic E-state index is 0.239. The average molecular weight is 223 g/mol. The molecule has 0 atom stereocenters. The van der Waals surface area contributed by atoms with Gasteiger partial charge in [-0.25, -0.2) is 0 Å². The van der Waals surface area contributed by atoms with Gasteiger partial charge in [-0.1, -0.05) is 43.7 Å². The van der Waals surface area contributed by atoms with Gasteiger partial charge in [-0.3, -0.25) is 0 Å². The second kappa shape index (κ2) is 6.66. The molecule has 1 aromatic rings. The van der Waals surface area contributed by atoms with Crippen LogP contribution in [0.4, 0.5) is 0 Å². The number of hydrazine groups is 1. The first-order chi connectivity index (χ1) is 7.77. The van der Waals surface area contributed by atoms with E-state index in [0.29, 0.717) is 13.1 Å². The molecule has 0 aromatic heterocycles. The molecular weight excluding hydrogens is 206 g/mol. The van der Waals surface area contributed by atoms with E-state index in [1.165, 1.54) is 5.01 Å². The van der Waals surface area contributed by atoms with Gasteiger partial charge >= 0.3 is 0 Å². The van der Waals surface area contributed by atoms with Crippen LogP contribution in [0.5, 0.6) is 0 Å². The Morgan fingerprint density at radius 3 is 2.62 bits per heavy atom. The summed E-state index contributed by atoms with van der Waals surface area (Å²) in [6, 6.07) is 9.62. The molecule has 5 heteroatoms. The van der Waals surface area contributed by atoms with E-state index < -0.39 is 0 Å². The van der Waals surface area contributed by atoms with E-state index in [-0.39, 0.29) is 4.97 Å². The largest absolute Gasteiger partial charge is 0.569 e. The quantitative estimate of drug-likeness (QED) is 0.458. The summed E-state index contributed by atoms with van der Waals surface area (Å²) in [6.07, 6.45) is 1.88. The third-order valence-corrected chi connectivity index (χ3v) is 2.30. The van der Waals surface area contributed by atoms with Crippen LogP contribution >= 0.6 is 0 Å². The SMILES string of the molecule is CCCCN(Cc1ccccc1)[N+]([O-])=NO. The lowest BCUT2D eigenvalue weighted by molar-refractivity contribution is -0.713. The maximum absolute atomic E-state index is 11.2. The fourth-order valence-corrected chi connectivity index (χ4v) is 1.42. The molecule has 1 aromatic carbocycles. The van der Waals surface area contributed by atoms with Gasteiger partial charge in [0.1, 0.15) is 6.54 Å². The fraction of sp³-hybridized carbons (Fsp3) is 0.455. The summed E-state index contributed by atoms with van der Waals surface area (Å²) in [5, 5.41) is 23.8. The highest BCUT2D eigenvalue weighted by Crippen LogP contribution is 2.06. The van der Waals surface area contributed by atoms with Crippen molar-refractivity contribution in [2.24, 2.45) is 5.28 Å². The van der Waals surface area contributed by atoms with Crippen LogP contribution in [-0.2, 0) is 6.54 Å². The maximum Gasteiger partial charge on any atom is 0.230 e. The Morgan fingerprint density at radius 2 is 2.06 bits per heavy atom. The van der Waals surface area contributed by atoms with Crippen molar-refractivity contribution in [1.82, 2.24) is 5.01 Å². The summed E-state index contributed by atoms with van der Waals surface area (Å²) < 4.78 is 0. The monoisotopic (exact) mass is 223 g/mol. The zero-order valence-electron chi connectivity index (χ0n) is 9.41. The molecule has 0 aliphatic carbocycles. The molecule has 16 heavy (non-hydrogen) atoms. The predicted octanol–water partition coefficient (Wildman–Crippen LogP) is 2.56. The molecule has 5 nitrogen and oxygen atoms in total. The van der Waals surface area contributed by atoms with Crippen LogP contribution in [0.3, 0.4) is 0 Å². The molecule has 0 spiro atoms. The molecule has 0 fully saturated rings. The van der Waals surface area contributed by atoms with Gasteiger partial charge in [-0.15, -0.1) is 5.01 Å². The summed E-state index contributed by atoms with van der Waals surface area (Å²) in [5.41, 5.74) is 1.02. The van der Waals surface area contributed by atoms with E-state index in [1.54, 1.807) is 0 Å². The average Bonchev–Trinajstić information content (AvgIpc) is 2.34. The first-order valence-electron chi connectivity index (χ1n) is 5.39. The Hall–Kier alpha value is -1.78. The van der Waals surface area contributed by atoms with Crippen molar-refractivity contribution in [2.45, 2.75) is 26.3 Å². The van der Waals surface area contributed by atoms with Gasteiger partial charge in [0.15, 0.2) is 0 Å². The first-order valence-corrected chi connectivity index (χ1v) is 5.39. The zero-order valence-corrected chi connectivity index (χ0v) is 9.41. The topological polar surface area (TPSA) is 61.9 Å². The standard InChI is InChI=1S/C11H17N3O2/c1-2-3-9-13(14(16)12-15)10-11-7-5-4-6-8-11/h4-8,15H,2-3,9-10H2,1H3. The summed E-state index contributed by atoms with van der Waals surface area (Å²) in [5.74, 6) is 0. The van der Waals surface area contributed by atoms with E-state index in [4.69, 9.17) is 5.21 Å². The molecular formula is C11H17N3O2. The van der Waals surface area contributed by atoms with Gasteiger partial charge in [0.05, 0.1) is 11.5 Å². The van der Waals surface area contributed by atoms with E-state index >= 15 is 0 Å². The lowest BCUT2D eigenvalue weighted by atomic mass is 10.2. The van der Waals surface area contributed by atoms with Gasteiger partial charge in [0.25, 0.3) is 0 Å². The zero-order chi connectivity index (χ0) is 11.8. The number of rotatable bonds is 6. The minimum absolute atomic E-state index is 0.239. The van der Waals surface area contributed by atoms with E-state index in [1.807, 2.05) is 37.3 Å². The summed E-state index contributed by atoms with van der Waals surface area (Å²) >= 11 is 0. The third-order valence-electron chi connectivity index (χ3n) is 2.30. The highest BCUT2D eigenvalue weighted by molar-refractivity contribution is 5.13. The fourth-order valence-electron chi connectivity index (χ4n) is 1.42. The Labute approximate surface area is 95.1 Å². The predicted molar refractivity (Wildman–Crippen MR) is 59.6 cm³/mol. The molecule has 0 radical (unpaired) electrons. The molecule has 0 unspecified atom stereocenters. The molecule has 1 N–H and O–H groups in total. The number of hydrogen-bond acceptors (Lipinski definition) is 2. The molecule has 0 bridgehead atoms. The molecule has 1 rings (SSSR count). The second-order valence-corrected chi connectivity index (χ2v) is 3.57. The van der Waals surface area contributed by atoms with Crippen molar-refractivity contribution in [3.05, 3.63) is 41.1 Å². The maximum atomic E-state index is 11.2. The van der Waals surface area contributed by atoms with Crippen molar-refractivity contribution < 1.29 is 10.2 Å². The van der Waals surface area contributed by atoms with E-state index in [2.05, 4.69) is 5.28 Å².